The van der Waals surface area contributed by atoms with Crippen molar-refractivity contribution >= 4 is 17.8 Å². The highest BCUT2D eigenvalue weighted by molar-refractivity contribution is 5.80. The van der Waals surface area contributed by atoms with Gasteiger partial charge >= 0.3 is 11.9 Å². The van der Waals surface area contributed by atoms with Crippen LogP contribution in [0, 0.1) is 0 Å². The number of hydrogen-bond donors (Lipinski definition) is 2. The van der Waals surface area contributed by atoms with Crippen LogP contribution in [-0.2, 0) is 19.1 Å². The van der Waals surface area contributed by atoms with E-state index < -0.39 is 5.97 Å². The smallest absolute Gasteiger partial charge is 0.322 e. The highest BCUT2D eigenvalue weighted by Crippen LogP contribution is 2.19. The number of esters is 1. The first-order chi connectivity index (χ1) is 23.0. The van der Waals surface area contributed by atoms with Crippen molar-refractivity contribution in [3.8, 4) is 0 Å². The fourth-order valence-electron chi connectivity index (χ4n) is 6.46. The van der Waals surface area contributed by atoms with Gasteiger partial charge in [-0.3, -0.25) is 14.4 Å². The van der Waals surface area contributed by atoms with Crippen molar-refractivity contribution in [3.63, 3.8) is 0 Å². The first kappa shape index (κ1) is 45.4. The van der Waals surface area contributed by atoms with Crippen LogP contribution >= 0.6 is 0 Å². The Morgan fingerprint density at radius 3 is 1.15 bits per heavy atom. The molecular formula is C41H79NO5. The third kappa shape index (κ3) is 37.1. The van der Waals surface area contributed by atoms with Gasteiger partial charge in [-0.05, 0) is 38.5 Å². The summed E-state index contributed by atoms with van der Waals surface area (Å²) in [6, 6.07) is 0. The maximum Gasteiger partial charge on any atom is 0.322 e. The van der Waals surface area contributed by atoms with Crippen LogP contribution in [0.5, 0.6) is 0 Å². The van der Waals surface area contributed by atoms with Crippen LogP contribution < -0.4 is 5.32 Å². The standard InChI is InChI=1S/C41H79NO5/c1-3-5-7-9-11-13-14-15-16-17-18-19-21-23-28-32-36-41(46)47-38(33-29-25-22-20-12-10-8-6-4-2)34-30-26-24-27-31-35-39(43)42-37-40(44)45/h38H,3-37H2,1-2H3,(H,42,43)(H,44,45). The summed E-state index contributed by atoms with van der Waals surface area (Å²) >= 11 is 0. The number of carboxylic acids is 1. The van der Waals surface area contributed by atoms with E-state index in [9.17, 15) is 14.4 Å². The van der Waals surface area contributed by atoms with Crippen molar-refractivity contribution in [3.05, 3.63) is 0 Å². The number of rotatable bonds is 38. The molecule has 6 nitrogen and oxygen atoms in total. The lowest BCUT2D eigenvalue weighted by Gasteiger charge is -2.18. The van der Waals surface area contributed by atoms with E-state index in [0.29, 0.717) is 12.8 Å². The zero-order chi connectivity index (χ0) is 34.5. The fourth-order valence-corrected chi connectivity index (χ4v) is 6.46. The molecule has 0 aromatic rings. The Bertz CT molecular complexity index is 697. The number of carboxylic acid groups (broad SMARTS) is 1. The van der Waals surface area contributed by atoms with Crippen molar-refractivity contribution in [1.29, 1.82) is 0 Å². The Kier molecular flexibility index (Phi) is 36.0. The molecule has 0 rings (SSSR count). The van der Waals surface area contributed by atoms with E-state index in [0.717, 1.165) is 64.2 Å². The normalized spacial score (nSPS) is 11.9. The van der Waals surface area contributed by atoms with Gasteiger partial charge in [0.2, 0.25) is 5.91 Å². The molecule has 0 aromatic heterocycles. The van der Waals surface area contributed by atoms with Crippen LogP contribution in [0.2, 0.25) is 0 Å². The second kappa shape index (κ2) is 37.2. The Morgan fingerprint density at radius 2 is 0.787 bits per heavy atom. The minimum Gasteiger partial charge on any atom is -0.480 e. The van der Waals surface area contributed by atoms with E-state index in [1.165, 1.54) is 141 Å². The minimum atomic E-state index is -1.01. The predicted molar refractivity (Wildman–Crippen MR) is 199 cm³/mol. The Balaban J connectivity index is 4.03. The molecule has 0 saturated carbocycles. The van der Waals surface area contributed by atoms with Crippen molar-refractivity contribution in [2.24, 2.45) is 0 Å². The number of hydrogen-bond acceptors (Lipinski definition) is 4. The van der Waals surface area contributed by atoms with Gasteiger partial charge in [0.15, 0.2) is 0 Å². The van der Waals surface area contributed by atoms with Gasteiger partial charge in [-0.2, -0.15) is 0 Å². The summed E-state index contributed by atoms with van der Waals surface area (Å²) in [7, 11) is 0. The second-order valence-corrected chi connectivity index (χ2v) is 14.3. The molecule has 1 unspecified atom stereocenters. The molecule has 47 heavy (non-hydrogen) atoms. The number of carbonyl (C=O) groups is 3. The van der Waals surface area contributed by atoms with Crippen LogP contribution in [0.15, 0.2) is 0 Å². The summed E-state index contributed by atoms with van der Waals surface area (Å²) < 4.78 is 6.01. The van der Waals surface area contributed by atoms with Gasteiger partial charge in [-0.25, -0.2) is 0 Å². The maximum atomic E-state index is 12.7. The van der Waals surface area contributed by atoms with Gasteiger partial charge < -0.3 is 15.2 Å². The van der Waals surface area contributed by atoms with Crippen molar-refractivity contribution < 1.29 is 24.2 Å². The lowest BCUT2D eigenvalue weighted by atomic mass is 10.0. The molecule has 0 aliphatic heterocycles. The van der Waals surface area contributed by atoms with Crippen LogP contribution in [0.4, 0.5) is 0 Å². The molecule has 0 saturated heterocycles. The molecule has 6 heteroatoms. The lowest BCUT2D eigenvalue weighted by molar-refractivity contribution is -0.150. The van der Waals surface area contributed by atoms with Crippen LogP contribution in [0.3, 0.4) is 0 Å². The molecule has 1 atom stereocenters. The average molecular weight is 666 g/mol. The number of nitrogens with one attached hydrogen (secondary N) is 1. The van der Waals surface area contributed by atoms with Gasteiger partial charge in [0.05, 0.1) is 0 Å². The van der Waals surface area contributed by atoms with Crippen molar-refractivity contribution in [1.82, 2.24) is 5.32 Å². The van der Waals surface area contributed by atoms with Crippen LogP contribution in [0.1, 0.15) is 232 Å². The SMILES string of the molecule is CCCCCCCCCCCCCCCCCCC(=O)OC(CCCCCCCCCCC)CCCCCCCC(=O)NCC(=O)O. The second-order valence-electron chi connectivity index (χ2n) is 14.3. The van der Waals surface area contributed by atoms with E-state index in [-0.39, 0.29) is 24.5 Å². The monoisotopic (exact) mass is 666 g/mol. The molecule has 0 aromatic carbocycles. The average Bonchev–Trinajstić information content (AvgIpc) is 3.05. The summed E-state index contributed by atoms with van der Waals surface area (Å²) in [6.45, 7) is 4.24. The van der Waals surface area contributed by atoms with E-state index in [2.05, 4.69) is 19.2 Å². The molecule has 1 amide bonds. The zero-order valence-corrected chi connectivity index (χ0v) is 31.4. The highest BCUT2D eigenvalue weighted by Gasteiger charge is 2.14. The summed E-state index contributed by atoms with van der Waals surface area (Å²) in [5.74, 6) is -1.21. The molecule has 278 valence electrons. The number of ether oxygens (including phenoxy) is 1. The van der Waals surface area contributed by atoms with Crippen molar-refractivity contribution in [2.45, 2.75) is 238 Å². The Hall–Kier alpha value is -1.59. The number of amides is 1. The number of carbonyl (C=O) groups excluding carboxylic acids is 2. The maximum absolute atomic E-state index is 12.7. The third-order valence-electron chi connectivity index (χ3n) is 9.53. The van der Waals surface area contributed by atoms with E-state index in [1.54, 1.807) is 0 Å². The van der Waals surface area contributed by atoms with Gasteiger partial charge in [0.25, 0.3) is 0 Å². The van der Waals surface area contributed by atoms with E-state index in [1.807, 2.05) is 0 Å². The first-order valence-corrected chi connectivity index (χ1v) is 20.7. The summed E-state index contributed by atoms with van der Waals surface area (Å²) in [4.78, 5) is 34.9. The quantitative estimate of drug-likeness (QED) is 0.0506. The number of unbranched alkanes of at least 4 members (excludes halogenated alkanes) is 27. The first-order valence-electron chi connectivity index (χ1n) is 20.7. The van der Waals surface area contributed by atoms with Gasteiger partial charge in [0.1, 0.15) is 12.6 Å². The lowest BCUT2D eigenvalue weighted by Crippen LogP contribution is -2.28. The highest BCUT2D eigenvalue weighted by atomic mass is 16.5. The van der Waals surface area contributed by atoms with E-state index >= 15 is 0 Å². The summed E-state index contributed by atoms with van der Waals surface area (Å²) in [5, 5.41) is 11.1. The fraction of sp³-hybridized carbons (Fsp3) is 0.927. The van der Waals surface area contributed by atoms with Crippen molar-refractivity contribution in [2.75, 3.05) is 6.54 Å². The molecule has 2 N–H and O–H groups in total. The molecule has 0 aliphatic rings. The Labute approximate surface area is 291 Å². The zero-order valence-electron chi connectivity index (χ0n) is 31.4. The molecule has 0 radical (unpaired) electrons. The van der Waals surface area contributed by atoms with Crippen LogP contribution in [0.25, 0.3) is 0 Å². The molecule has 0 spiro atoms. The molecule has 0 bridgehead atoms. The van der Waals surface area contributed by atoms with Gasteiger partial charge in [0, 0.05) is 12.8 Å². The largest absolute Gasteiger partial charge is 0.480 e. The molecule has 0 aliphatic carbocycles. The topological polar surface area (TPSA) is 92.7 Å². The minimum absolute atomic E-state index is 0.0105. The van der Waals surface area contributed by atoms with Gasteiger partial charge in [-0.1, -0.05) is 181 Å². The van der Waals surface area contributed by atoms with Gasteiger partial charge in [-0.15, -0.1) is 0 Å². The summed E-state index contributed by atoms with van der Waals surface area (Å²) in [6.07, 6.45) is 40.8. The molecule has 0 heterocycles. The Morgan fingerprint density at radius 1 is 0.468 bits per heavy atom. The molecule has 0 fully saturated rings. The number of aliphatic carboxylic acids is 1. The molecular weight excluding hydrogens is 586 g/mol. The van der Waals surface area contributed by atoms with E-state index in [4.69, 9.17) is 9.84 Å². The third-order valence-corrected chi connectivity index (χ3v) is 9.53. The summed E-state index contributed by atoms with van der Waals surface area (Å²) in [5.41, 5.74) is 0. The predicted octanol–water partition coefficient (Wildman–Crippen LogP) is 12.4. The van der Waals surface area contributed by atoms with Crippen LogP contribution in [-0.4, -0.2) is 35.6 Å².